The molecule has 0 aromatic heterocycles. The quantitative estimate of drug-likeness (QED) is 0.478. The molecule has 128 valence electrons. The van der Waals surface area contributed by atoms with E-state index in [0.29, 0.717) is 0 Å². The molecule has 0 heterocycles. The third kappa shape index (κ3) is 5.74. The van der Waals surface area contributed by atoms with E-state index in [0.717, 1.165) is 11.1 Å². The van der Waals surface area contributed by atoms with Gasteiger partial charge in [0.15, 0.2) is 0 Å². The van der Waals surface area contributed by atoms with Crippen molar-refractivity contribution in [3.05, 3.63) is 69.7 Å². The second kappa shape index (κ2) is 9.01. The molecule has 0 saturated heterocycles. The molecule has 0 atom stereocenters. The summed E-state index contributed by atoms with van der Waals surface area (Å²) in [6.07, 6.45) is 3.34. The first-order chi connectivity index (χ1) is 12.0. The zero-order valence-corrected chi connectivity index (χ0v) is 14.8. The third-order valence-corrected chi connectivity index (χ3v) is 3.85. The summed E-state index contributed by atoms with van der Waals surface area (Å²) in [6.45, 7) is 1.83. The number of hydrazone groups is 1. The van der Waals surface area contributed by atoms with Gasteiger partial charge in [0.1, 0.15) is 0 Å². The summed E-state index contributed by atoms with van der Waals surface area (Å²) < 4.78 is 0. The Kier molecular flexibility index (Phi) is 6.74. The maximum absolute atomic E-state index is 11.8. The van der Waals surface area contributed by atoms with Crippen LogP contribution in [0, 0.1) is 0 Å². The van der Waals surface area contributed by atoms with E-state index >= 15 is 0 Å². The monoisotopic (exact) mass is 375 g/mol. The Hall–Kier alpha value is -2.63. The van der Waals surface area contributed by atoms with E-state index in [2.05, 4.69) is 15.8 Å². The number of carbonyl (C=O) groups is 2. The summed E-state index contributed by atoms with van der Waals surface area (Å²) in [5.74, 6) is -1.81. The maximum Gasteiger partial charge on any atom is 0.329 e. The topological polar surface area (TPSA) is 70.6 Å². The van der Waals surface area contributed by atoms with E-state index < -0.39 is 11.8 Å². The zero-order valence-electron chi connectivity index (χ0n) is 13.3. The van der Waals surface area contributed by atoms with Crippen LogP contribution >= 0.6 is 23.2 Å². The van der Waals surface area contributed by atoms with E-state index in [4.69, 9.17) is 23.2 Å². The van der Waals surface area contributed by atoms with Crippen LogP contribution < -0.4 is 10.7 Å². The van der Waals surface area contributed by atoms with Crippen molar-refractivity contribution in [2.75, 3.05) is 5.32 Å². The Bertz CT molecular complexity index is 833. The summed E-state index contributed by atoms with van der Waals surface area (Å²) in [5, 5.41) is 6.57. The molecule has 7 heteroatoms. The van der Waals surface area contributed by atoms with Crippen LogP contribution in [-0.2, 0) is 9.59 Å². The van der Waals surface area contributed by atoms with Crippen molar-refractivity contribution < 1.29 is 9.59 Å². The average molecular weight is 376 g/mol. The molecule has 0 fully saturated rings. The molecule has 5 nitrogen and oxygen atoms in total. The fourth-order valence-electron chi connectivity index (χ4n) is 1.87. The van der Waals surface area contributed by atoms with Crippen LogP contribution in [0.25, 0.3) is 6.08 Å². The predicted molar refractivity (Wildman–Crippen MR) is 102 cm³/mol. The molecule has 25 heavy (non-hydrogen) atoms. The number of hydrogen-bond acceptors (Lipinski definition) is 3. The van der Waals surface area contributed by atoms with Crippen molar-refractivity contribution in [1.82, 2.24) is 5.43 Å². The normalized spacial score (nSPS) is 11.4. The van der Waals surface area contributed by atoms with Crippen LogP contribution in [0.1, 0.15) is 12.5 Å². The number of rotatable bonds is 4. The number of halogens is 2. The lowest BCUT2D eigenvalue weighted by atomic mass is 10.1. The third-order valence-electron chi connectivity index (χ3n) is 3.03. The molecule has 0 spiro atoms. The molecular formula is C18H15Cl2N3O2. The van der Waals surface area contributed by atoms with Gasteiger partial charge in [0.05, 0.1) is 21.9 Å². The molecule has 0 aliphatic carbocycles. The van der Waals surface area contributed by atoms with Crippen LogP contribution in [0.5, 0.6) is 0 Å². The lowest BCUT2D eigenvalue weighted by molar-refractivity contribution is -0.136. The Morgan fingerprint density at radius 3 is 2.44 bits per heavy atom. The number of amides is 2. The number of allylic oxidation sites excluding steroid dienone is 1. The Morgan fingerprint density at radius 1 is 1.00 bits per heavy atom. The van der Waals surface area contributed by atoms with Crippen LogP contribution in [0.2, 0.25) is 10.0 Å². The second-order valence-corrected chi connectivity index (χ2v) is 5.84. The highest BCUT2D eigenvalue weighted by Crippen LogP contribution is 2.29. The Labute approximate surface area is 155 Å². The minimum absolute atomic E-state index is 0.162. The molecule has 0 aliphatic heterocycles. The SMILES string of the molecule is CC(/C=N\NC(=O)C(=O)Nc1cccc(Cl)c1Cl)=C/c1ccccc1. The molecular weight excluding hydrogens is 361 g/mol. The number of anilines is 1. The van der Waals surface area contributed by atoms with Gasteiger partial charge in [0.25, 0.3) is 0 Å². The summed E-state index contributed by atoms with van der Waals surface area (Å²) in [7, 11) is 0. The van der Waals surface area contributed by atoms with Crippen molar-refractivity contribution in [2.24, 2.45) is 5.10 Å². The van der Waals surface area contributed by atoms with Crippen molar-refractivity contribution in [1.29, 1.82) is 0 Å². The molecule has 0 aliphatic rings. The van der Waals surface area contributed by atoms with Gasteiger partial charge >= 0.3 is 11.8 Å². The van der Waals surface area contributed by atoms with E-state index in [1.807, 2.05) is 43.3 Å². The largest absolute Gasteiger partial charge is 0.329 e. The van der Waals surface area contributed by atoms with Gasteiger partial charge in [-0.15, -0.1) is 0 Å². The molecule has 2 aromatic carbocycles. The minimum Gasteiger partial charge on any atom is -0.316 e. The summed E-state index contributed by atoms with van der Waals surface area (Å²) in [5.41, 5.74) is 4.22. The fourth-order valence-corrected chi connectivity index (χ4v) is 2.22. The number of hydrogen-bond donors (Lipinski definition) is 2. The van der Waals surface area contributed by atoms with E-state index in [1.165, 1.54) is 12.3 Å². The molecule has 0 bridgehead atoms. The number of benzene rings is 2. The number of nitrogens with zero attached hydrogens (tertiary/aromatic N) is 1. The van der Waals surface area contributed by atoms with Gasteiger partial charge < -0.3 is 5.32 Å². The zero-order chi connectivity index (χ0) is 18.2. The lowest BCUT2D eigenvalue weighted by Crippen LogP contribution is -2.32. The standard InChI is InChI=1S/C18H15Cl2N3O2/c1-12(10-13-6-3-2-4-7-13)11-21-23-18(25)17(24)22-15-9-5-8-14(19)16(15)20/h2-11H,1H3,(H,22,24)(H,23,25)/b12-10-,21-11-. The molecule has 0 radical (unpaired) electrons. The van der Waals surface area contributed by atoms with Gasteiger partial charge in [-0.2, -0.15) is 5.10 Å². The van der Waals surface area contributed by atoms with Gasteiger partial charge in [-0.1, -0.05) is 65.7 Å². The fraction of sp³-hybridized carbons (Fsp3) is 0.0556. The van der Waals surface area contributed by atoms with Gasteiger partial charge in [-0.05, 0) is 30.2 Å². The van der Waals surface area contributed by atoms with Crippen LogP contribution in [-0.4, -0.2) is 18.0 Å². The van der Waals surface area contributed by atoms with Gasteiger partial charge in [-0.25, -0.2) is 5.43 Å². The maximum atomic E-state index is 11.8. The molecule has 2 rings (SSSR count). The number of nitrogens with one attached hydrogen (secondary N) is 2. The molecule has 0 unspecified atom stereocenters. The molecule has 2 amide bonds. The van der Waals surface area contributed by atoms with E-state index in [9.17, 15) is 9.59 Å². The number of carbonyl (C=O) groups excluding carboxylic acids is 2. The summed E-state index contributed by atoms with van der Waals surface area (Å²) in [4.78, 5) is 23.6. The molecule has 2 aromatic rings. The van der Waals surface area contributed by atoms with Crippen molar-refractivity contribution in [2.45, 2.75) is 6.92 Å². The van der Waals surface area contributed by atoms with E-state index in [1.54, 1.807) is 12.1 Å². The predicted octanol–water partition coefficient (Wildman–Crippen LogP) is 4.14. The van der Waals surface area contributed by atoms with Gasteiger partial charge in [0, 0.05) is 0 Å². The summed E-state index contributed by atoms with van der Waals surface area (Å²) >= 11 is 11.8. The molecule has 2 N–H and O–H groups in total. The first-order valence-corrected chi connectivity index (χ1v) is 8.04. The Balaban J connectivity index is 1.92. The highest BCUT2D eigenvalue weighted by atomic mass is 35.5. The highest BCUT2D eigenvalue weighted by molar-refractivity contribution is 6.45. The van der Waals surface area contributed by atoms with Crippen LogP contribution in [0.4, 0.5) is 5.69 Å². The first kappa shape index (κ1) is 18.7. The van der Waals surface area contributed by atoms with Gasteiger partial charge in [0.2, 0.25) is 0 Å². The van der Waals surface area contributed by atoms with Crippen molar-refractivity contribution in [3.8, 4) is 0 Å². The van der Waals surface area contributed by atoms with Crippen LogP contribution in [0.15, 0.2) is 59.2 Å². The second-order valence-electron chi connectivity index (χ2n) is 5.05. The Morgan fingerprint density at radius 2 is 1.72 bits per heavy atom. The smallest absolute Gasteiger partial charge is 0.316 e. The van der Waals surface area contributed by atoms with Gasteiger partial charge in [-0.3, -0.25) is 9.59 Å². The van der Waals surface area contributed by atoms with Crippen LogP contribution in [0.3, 0.4) is 0 Å². The first-order valence-electron chi connectivity index (χ1n) is 7.29. The summed E-state index contributed by atoms with van der Waals surface area (Å²) in [6, 6.07) is 14.4. The molecule has 0 saturated carbocycles. The van der Waals surface area contributed by atoms with E-state index in [-0.39, 0.29) is 15.7 Å². The van der Waals surface area contributed by atoms with Crippen molar-refractivity contribution >= 4 is 53.0 Å². The lowest BCUT2D eigenvalue weighted by Gasteiger charge is -2.06. The average Bonchev–Trinajstić information content (AvgIpc) is 2.59. The minimum atomic E-state index is -0.917. The van der Waals surface area contributed by atoms with Crippen molar-refractivity contribution in [3.63, 3.8) is 0 Å². The highest BCUT2D eigenvalue weighted by Gasteiger charge is 2.15.